The third kappa shape index (κ3) is 2.69. The van der Waals surface area contributed by atoms with E-state index in [1.54, 1.807) is 0 Å². The van der Waals surface area contributed by atoms with Gasteiger partial charge in [0.1, 0.15) is 6.29 Å². The summed E-state index contributed by atoms with van der Waals surface area (Å²) in [7, 11) is 0. The molecule has 0 spiro atoms. The lowest BCUT2D eigenvalue weighted by molar-refractivity contribution is -0.111. The summed E-state index contributed by atoms with van der Waals surface area (Å²) >= 11 is 0. The second-order valence-electron chi connectivity index (χ2n) is 4.57. The SMILES string of the molecule is CC(C=O)CC(C)(C)c1ccccc1. The summed E-state index contributed by atoms with van der Waals surface area (Å²) in [5.41, 5.74) is 1.38. The van der Waals surface area contributed by atoms with Crippen LogP contribution in [0, 0.1) is 5.92 Å². The predicted molar refractivity (Wildman–Crippen MR) is 59.3 cm³/mol. The van der Waals surface area contributed by atoms with Gasteiger partial charge in [0.05, 0.1) is 0 Å². The average molecular weight is 190 g/mol. The highest BCUT2D eigenvalue weighted by Crippen LogP contribution is 2.29. The number of hydrogen-bond donors (Lipinski definition) is 0. The van der Waals surface area contributed by atoms with E-state index in [9.17, 15) is 4.79 Å². The highest BCUT2D eigenvalue weighted by atomic mass is 16.1. The van der Waals surface area contributed by atoms with Crippen molar-refractivity contribution in [2.75, 3.05) is 0 Å². The maximum absolute atomic E-state index is 10.6. The highest BCUT2D eigenvalue weighted by molar-refractivity contribution is 5.53. The fourth-order valence-corrected chi connectivity index (χ4v) is 1.86. The first-order valence-electron chi connectivity index (χ1n) is 5.07. The van der Waals surface area contributed by atoms with Crippen molar-refractivity contribution in [2.24, 2.45) is 5.92 Å². The van der Waals surface area contributed by atoms with Crippen LogP contribution in [0.1, 0.15) is 32.8 Å². The van der Waals surface area contributed by atoms with Gasteiger partial charge in [-0.15, -0.1) is 0 Å². The van der Waals surface area contributed by atoms with Gasteiger partial charge in [-0.3, -0.25) is 0 Å². The van der Waals surface area contributed by atoms with E-state index in [1.165, 1.54) is 5.56 Å². The largest absolute Gasteiger partial charge is 0.303 e. The van der Waals surface area contributed by atoms with Gasteiger partial charge in [-0.05, 0) is 17.4 Å². The molecule has 0 aromatic heterocycles. The maximum atomic E-state index is 10.6. The molecule has 0 saturated carbocycles. The van der Waals surface area contributed by atoms with Gasteiger partial charge in [0, 0.05) is 5.92 Å². The molecule has 0 heterocycles. The van der Waals surface area contributed by atoms with Gasteiger partial charge in [0.25, 0.3) is 0 Å². The summed E-state index contributed by atoms with van der Waals surface area (Å²) in [6.07, 6.45) is 1.94. The zero-order valence-electron chi connectivity index (χ0n) is 9.16. The van der Waals surface area contributed by atoms with E-state index in [4.69, 9.17) is 0 Å². The fourth-order valence-electron chi connectivity index (χ4n) is 1.86. The molecule has 0 aliphatic carbocycles. The van der Waals surface area contributed by atoms with Crippen LogP contribution in [-0.4, -0.2) is 6.29 Å². The van der Waals surface area contributed by atoms with Gasteiger partial charge in [-0.1, -0.05) is 51.1 Å². The number of carbonyl (C=O) groups is 1. The Kier molecular flexibility index (Phi) is 3.45. The quantitative estimate of drug-likeness (QED) is 0.666. The van der Waals surface area contributed by atoms with Crippen LogP contribution in [-0.2, 0) is 10.2 Å². The van der Waals surface area contributed by atoms with Crippen LogP contribution >= 0.6 is 0 Å². The monoisotopic (exact) mass is 190 g/mol. The first-order valence-corrected chi connectivity index (χ1v) is 5.07. The molecule has 0 aliphatic heterocycles. The lowest BCUT2D eigenvalue weighted by Gasteiger charge is -2.26. The normalized spacial score (nSPS) is 13.6. The fraction of sp³-hybridized carbons (Fsp3) is 0.462. The molecule has 1 atom stereocenters. The van der Waals surface area contributed by atoms with Crippen LogP contribution in [0.5, 0.6) is 0 Å². The maximum Gasteiger partial charge on any atom is 0.122 e. The average Bonchev–Trinajstić information content (AvgIpc) is 2.18. The molecule has 0 fully saturated rings. The van der Waals surface area contributed by atoms with Gasteiger partial charge in [-0.25, -0.2) is 0 Å². The van der Waals surface area contributed by atoms with Crippen molar-refractivity contribution in [3.05, 3.63) is 35.9 Å². The number of carbonyl (C=O) groups excluding carboxylic acids is 1. The van der Waals surface area contributed by atoms with E-state index >= 15 is 0 Å². The molecule has 1 unspecified atom stereocenters. The Balaban J connectivity index is 2.80. The first-order chi connectivity index (χ1) is 6.56. The minimum Gasteiger partial charge on any atom is -0.303 e. The number of aldehydes is 1. The summed E-state index contributed by atoms with van der Waals surface area (Å²) in [5.74, 6) is 0.130. The lowest BCUT2D eigenvalue weighted by atomic mass is 9.78. The Morgan fingerprint density at radius 2 is 1.86 bits per heavy atom. The molecule has 0 radical (unpaired) electrons. The zero-order chi connectivity index (χ0) is 10.6. The Labute approximate surface area is 86.1 Å². The van der Waals surface area contributed by atoms with Crippen LogP contribution < -0.4 is 0 Å². The Bertz CT molecular complexity index is 287. The Morgan fingerprint density at radius 3 is 2.36 bits per heavy atom. The summed E-state index contributed by atoms with van der Waals surface area (Å²) < 4.78 is 0. The van der Waals surface area contributed by atoms with Crippen molar-refractivity contribution in [3.8, 4) is 0 Å². The van der Waals surface area contributed by atoms with Crippen LogP contribution in [0.25, 0.3) is 0 Å². The molecule has 1 heteroatoms. The second-order valence-corrected chi connectivity index (χ2v) is 4.57. The summed E-state index contributed by atoms with van der Waals surface area (Å²) in [6.45, 7) is 6.34. The van der Waals surface area contributed by atoms with Crippen molar-refractivity contribution in [1.29, 1.82) is 0 Å². The van der Waals surface area contributed by atoms with Gasteiger partial charge >= 0.3 is 0 Å². The highest BCUT2D eigenvalue weighted by Gasteiger charge is 2.22. The van der Waals surface area contributed by atoms with E-state index in [2.05, 4.69) is 26.0 Å². The molecule has 0 aliphatic rings. The molecule has 0 N–H and O–H groups in total. The first kappa shape index (κ1) is 11.0. The number of rotatable bonds is 4. The minimum atomic E-state index is 0.0849. The predicted octanol–water partition coefficient (Wildman–Crippen LogP) is 3.19. The summed E-state index contributed by atoms with van der Waals surface area (Å²) in [6, 6.07) is 10.4. The molecule has 14 heavy (non-hydrogen) atoms. The van der Waals surface area contributed by atoms with Crippen molar-refractivity contribution < 1.29 is 4.79 Å². The molecule has 1 rings (SSSR count). The third-order valence-corrected chi connectivity index (χ3v) is 2.62. The molecule has 1 aromatic rings. The molecule has 0 amide bonds. The van der Waals surface area contributed by atoms with Crippen LogP contribution in [0.4, 0.5) is 0 Å². The van der Waals surface area contributed by atoms with E-state index in [1.807, 2.05) is 25.1 Å². The number of hydrogen-bond acceptors (Lipinski definition) is 1. The molecule has 1 aromatic carbocycles. The van der Waals surface area contributed by atoms with E-state index in [0.29, 0.717) is 0 Å². The summed E-state index contributed by atoms with van der Waals surface area (Å²) in [4.78, 5) is 10.6. The van der Waals surface area contributed by atoms with Crippen molar-refractivity contribution in [2.45, 2.75) is 32.6 Å². The molecule has 0 saturated heterocycles. The van der Waals surface area contributed by atoms with Crippen molar-refractivity contribution >= 4 is 6.29 Å². The molecule has 1 nitrogen and oxygen atoms in total. The van der Waals surface area contributed by atoms with E-state index in [-0.39, 0.29) is 11.3 Å². The molecule has 0 bridgehead atoms. The van der Waals surface area contributed by atoms with Gasteiger partial charge in [0.15, 0.2) is 0 Å². The third-order valence-electron chi connectivity index (χ3n) is 2.62. The standard InChI is InChI=1S/C13H18O/c1-11(10-14)9-13(2,3)12-7-5-4-6-8-12/h4-8,10-11H,9H2,1-3H3. The Hall–Kier alpha value is -1.11. The lowest BCUT2D eigenvalue weighted by Crippen LogP contribution is -2.21. The zero-order valence-corrected chi connectivity index (χ0v) is 9.16. The smallest absolute Gasteiger partial charge is 0.122 e. The van der Waals surface area contributed by atoms with Crippen molar-refractivity contribution in [1.82, 2.24) is 0 Å². The van der Waals surface area contributed by atoms with Gasteiger partial charge in [0.2, 0.25) is 0 Å². The summed E-state index contributed by atoms with van der Waals surface area (Å²) in [5, 5.41) is 0. The van der Waals surface area contributed by atoms with Crippen LogP contribution in [0.2, 0.25) is 0 Å². The minimum absolute atomic E-state index is 0.0849. The number of benzene rings is 1. The Morgan fingerprint density at radius 1 is 1.29 bits per heavy atom. The van der Waals surface area contributed by atoms with Gasteiger partial charge < -0.3 is 4.79 Å². The second kappa shape index (κ2) is 4.41. The van der Waals surface area contributed by atoms with E-state index < -0.39 is 0 Å². The van der Waals surface area contributed by atoms with Crippen LogP contribution in [0.15, 0.2) is 30.3 Å². The topological polar surface area (TPSA) is 17.1 Å². The van der Waals surface area contributed by atoms with Crippen LogP contribution in [0.3, 0.4) is 0 Å². The van der Waals surface area contributed by atoms with Gasteiger partial charge in [-0.2, -0.15) is 0 Å². The molecular formula is C13H18O. The van der Waals surface area contributed by atoms with Crippen molar-refractivity contribution in [3.63, 3.8) is 0 Å². The molecule has 76 valence electrons. The van der Waals surface area contributed by atoms with E-state index in [0.717, 1.165) is 12.7 Å². The molecular weight excluding hydrogens is 172 g/mol.